The number of hydrogen-bond acceptors (Lipinski definition) is 6. The first-order valence-electron chi connectivity index (χ1n) is 5.93. The van der Waals surface area contributed by atoms with Crippen LogP contribution in [0.25, 0.3) is 0 Å². The summed E-state index contributed by atoms with van der Waals surface area (Å²) in [4.78, 5) is 37.0. The zero-order valence-electron chi connectivity index (χ0n) is 10.8. The van der Waals surface area contributed by atoms with Crippen LogP contribution in [0.15, 0.2) is 24.3 Å². The molecule has 0 bridgehead atoms. The zero-order valence-corrected chi connectivity index (χ0v) is 10.8. The van der Waals surface area contributed by atoms with Crippen LogP contribution < -0.4 is 5.48 Å². The highest BCUT2D eigenvalue weighted by molar-refractivity contribution is 5.90. The minimum atomic E-state index is -0.916. The predicted octanol–water partition coefficient (Wildman–Crippen LogP) is 2.19. The van der Waals surface area contributed by atoms with E-state index in [-0.39, 0.29) is 17.9 Å². The molecule has 1 rings (SSSR count). The number of benzene rings is 1. The Morgan fingerprint density at radius 3 is 2.80 bits per heavy atom. The average molecular weight is 282 g/mol. The van der Waals surface area contributed by atoms with E-state index in [1.54, 1.807) is 0 Å². The molecule has 0 aliphatic heterocycles. The Hall–Kier alpha value is -2.64. The van der Waals surface area contributed by atoms with Gasteiger partial charge in [0.15, 0.2) is 0 Å². The van der Waals surface area contributed by atoms with Crippen molar-refractivity contribution in [2.45, 2.75) is 19.8 Å². The number of rotatable bonds is 5. The second-order valence-electron chi connectivity index (χ2n) is 3.79. The molecule has 0 atom stereocenters. The third-order valence-electron chi connectivity index (χ3n) is 2.25. The van der Waals surface area contributed by atoms with Crippen molar-refractivity contribution in [2.24, 2.45) is 0 Å². The van der Waals surface area contributed by atoms with Crippen molar-refractivity contribution in [3.8, 4) is 0 Å². The van der Waals surface area contributed by atoms with E-state index in [0.29, 0.717) is 6.42 Å². The molecule has 108 valence electrons. The average Bonchev–Trinajstić information content (AvgIpc) is 2.45. The van der Waals surface area contributed by atoms with E-state index in [9.17, 15) is 19.7 Å². The normalized spacial score (nSPS) is 9.65. The van der Waals surface area contributed by atoms with E-state index < -0.39 is 17.0 Å². The Morgan fingerprint density at radius 2 is 2.15 bits per heavy atom. The molecule has 0 fully saturated rings. The number of nitro groups is 1. The molecule has 8 heteroatoms. The zero-order chi connectivity index (χ0) is 15.0. The van der Waals surface area contributed by atoms with Gasteiger partial charge < -0.3 is 9.57 Å². The fourth-order valence-corrected chi connectivity index (χ4v) is 1.23. The van der Waals surface area contributed by atoms with Crippen molar-refractivity contribution in [2.75, 3.05) is 6.61 Å². The molecule has 0 radical (unpaired) electrons. The van der Waals surface area contributed by atoms with Gasteiger partial charge in [-0.05, 0) is 12.5 Å². The Kier molecular flexibility index (Phi) is 5.95. The summed E-state index contributed by atoms with van der Waals surface area (Å²) >= 11 is 0. The molecule has 0 aliphatic carbocycles. The molecule has 1 aromatic rings. The molecule has 0 aliphatic rings. The van der Waals surface area contributed by atoms with Crippen molar-refractivity contribution >= 4 is 17.7 Å². The second kappa shape index (κ2) is 7.72. The van der Waals surface area contributed by atoms with Gasteiger partial charge in [0.2, 0.25) is 0 Å². The Labute approximate surface area is 114 Å². The minimum Gasteiger partial charge on any atom is -0.447 e. The van der Waals surface area contributed by atoms with Gasteiger partial charge in [0.25, 0.3) is 5.69 Å². The highest BCUT2D eigenvalue weighted by Gasteiger charge is 2.14. The van der Waals surface area contributed by atoms with Crippen molar-refractivity contribution in [1.82, 2.24) is 5.48 Å². The van der Waals surface area contributed by atoms with Crippen LogP contribution in [-0.4, -0.2) is 23.6 Å². The first-order valence-corrected chi connectivity index (χ1v) is 5.93. The van der Waals surface area contributed by atoms with Crippen LogP contribution >= 0.6 is 0 Å². The number of nitro benzene ring substituents is 1. The van der Waals surface area contributed by atoms with E-state index in [0.717, 1.165) is 12.5 Å². The smallest absolute Gasteiger partial charge is 0.440 e. The largest absolute Gasteiger partial charge is 0.447 e. The van der Waals surface area contributed by atoms with Crippen molar-refractivity contribution < 1.29 is 24.1 Å². The predicted molar refractivity (Wildman–Crippen MR) is 67.9 cm³/mol. The summed E-state index contributed by atoms with van der Waals surface area (Å²) < 4.78 is 4.70. The number of hydrogen-bond donors (Lipinski definition) is 1. The number of hydroxylamine groups is 1. The maximum Gasteiger partial charge on any atom is 0.440 e. The van der Waals surface area contributed by atoms with Gasteiger partial charge in [0.05, 0.1) is 17.1 Å². The van der Waals surface area contributed by atoms with Crippen LogP contribution in [-0.2, 0) is 9.57 Å². The fourth-order valence-electron chi connectivity index (χ4n) is 1.23. The fraction of sp³-hybridized carbons (Fsp3) is 0.333. The minimum absolute atomic E-state index is 0.0481. The van der Waals surface area contributed by atoms with Crippen LogP contribution in [0.3, 0.4) is 0 Å². The van der Waals surface area contributed by atoms with Crippen molar-refractivity contribution in [3.63, 3.8) is 0 Å². The van der Waals surface area contributed by atoms with Gasteiger partial charge in [0.1, 0.15) is 0 Å². The second-order valence-corrected chi connectivity index (χ2v) is 3.79. The van der Waals surface area contributed by atoms with Crippen LogP contribution in [0.2, 0.25) is 0 Å². The molecule has 1 aromatic carbocycles. The van der Waals surface area contributed by atoms with E-state index >= 15 is 0 Å². The molecule has 20 heavy (non-hydrogen) atoms. The molecule has 0 spiro atoms. The highest BCUT2D eigenvalue weighted by Crippen LogP contribution is 2.13. The maximum atomic E-state index is 11.5. The van der Waals surface area contributed by atoms with E-state index in [4.69, 9.17) is 4.74 Å². The third kappa shape index (κ3) is 4.92. The van der Waals surface area contributed by atoms with E-state index in [1.807, 2.05) is 12.4 Å². The summed E-state index contributed by atoms with van der Waals surface area (Å²) in [7, 11) is 0. The first-order chi connectivity index (χ1) is 9.54. The summed E-state index contributed by atoms with van der Waals surface area (Å²) in [5.41, 5.74) is 1.51. The summed E-state index contributed by atoms with van der Waals surface area (Å²) in [5, 5.41) is 10.6. The van der Waals surface area contributed by atoms with Crippen LogP contribution in [0.4, 0.5) is 10.5 Å². The van der Waals surface area contributed by atoms with Crippen LogP contribution in [0.5, 0.6) is 0 Å². The standard InChI is InChI=1S/C12H14N2O6/c1-2-3-7-19-12(16)13-20-11(15)9-5-4-6-10(8-9)14(17)18/h4-6,8H,2-3,7H2,1H3,(H,13,16). The van der Waals surface area contributed by atoms with Gasteiger partial charge in [-0.1, -0.05) is 19.4 Å². The van der Waals surface area contributed by atoms with Crippen molar-refractivity contribution in [1.29, 1.82) is 0 Å². The Bertz CT molecular complexity index is 502. The topological polar surface area (TPSA) is 108 Å². The number of nitrogens with one attached hydrogen (secondary N) is 1. The van der Waals surface area contributed by atoms with E-state index in [1.165, 1.54) is 18.2 Å². The molecule has 0 saturated carbocycles. The lowest BCUT2D eigenvalue weighted by Gasteiger charge is -2.06. The summed E-state index contributed by atoms with van der Waals surface area (Å²) in [5.74, 6) is -0.916. The van der Waals surface area contributed by atoms with Gasteiger partial charge in [-0.15, -0.1) is 5.48 Å². The Morgan fingerprint density at radius 1 is 1.40 bits per heavy atom. The lowest BCUT2D eigenvalue weighted by molar-refractivity contribution is -0.384. The summed E-state index contributed by atoms with van der Waals surface area (Å²) in [6.45, 7) is 2.15. The van der Waals surface area contributed by atoms with E-state index in [2.05, 4.69) is 4.84 Å². The molecule has 1 N–H and O–H groups in total. The molecular formula is C12H14N2O6. The number of non-ortho nitro benzene ring substituents is 1. The number of ether oxygens (including phenoxy) is 1. The quantitative estimate of drug-likeness (QED) is 0.504. The van der Waals surface area contributed by atoms with Crippen molar-refractivity contribution in [3.05, 3.63) is 39.9 Å². The molecule has 1 amide bonds. The van der Waals surface area contributed by atoms with Gasteiger partial charge in [0, 0.05) is 12.1 Å². The van der Waals surface area contributed by atoms with Crippen LogP contribution in [0.1, 0.15) is 30.1 Å². The highest BCUT2D eigenvalue weighted by atomic mass is 16.7. The number of unbranched alkanes of at least 4 members (excludes halogenated alkanes) is 1. The van der Waals surface area contributed by atoms with Gasteiger partial charge >= 0.3 is 12.1 Å². The molecule has 0 unspecified atom stereocenters. The molecule has 0 aromatic heterocycles. The Balaban J connectivity index is 2.48. The molecule has 0 saturated heterocycles. The van der Waals surface area contributed by atoms with Gasteiger partial charge in [-0.3, -0.25) is 10.1 Å². The lowest BCUT2D eigenvalue weighted by Crippen LogP contribution is -2.28. The first kappa shape index (κ1) is 15.4. The monoisotopic (exact) mass is 282 g/mol. The molecule has 8 nitrogen and oxygen atoms in total. The summed E-state index contributed by atoms with van der Waals surface area (Å²) in [6, 6.07) is 4.96. The summed E-state index contributed by atoms with van der Waals surface area (Å²) in [6.07, 6.45) is 0.671. The number of amides is 1. The third-order valence-corrected chi connectivity index (χ3v) is 2.25. The molecular weight excluding hydrogens is 268 g/mol. The number of nitrogens with zero attached hydrogens (tertiary/aromatic N) is 1. The SMILES string of the molecule is CCCCOC(=O)NOC(=O)c1cccc([N+](=O)[O-])c1. The number of carbonyl (C=O) groups is 2. The molecule has 0 heterocycles. The number of carbonyl (C=O) groups excluding carboxylic acids is 2. The van der Waals surface area contributed by atoms with Gasteiger partial charge in [-0.25, -0.2) is 9.59 Å². The lowest BCUT2D eigenvalue weighted by atomic mass is 10.2. The maximum absolute atomic E-state index is 11.5. The van der Waals surface area contributed by atoms with Crippen LogP contribution in [0, 0.1) is 10.1 Å². The van der Waals surface area contributed by atoms with Gasteiger partial charge in [-0.2, -0.15) is 0 Å².